The normalized spacial score (nSPS) is 28.3. The van der Waals surface area contributed by atoms with Crippen molar-refractivity contribution in [2.45, 2.75) is 69.7 Å². The highest BCUT2D eigenvalue weighted by atomic mass is 16.8. The molecule has 2 fully saturated rings. The summed E-state index contributed by atoms with van der Waals surface area (Å²) in [6.45, 7) is 3.64. The van der Waals surface area contributed by atoms with Crippen LogP contribution < -0.4 is 9.47 Å². The summed E-state index contributed by atoms with van der Waals surface area (Å²) in [5.41, 5.74) is 1.32. The van der Waals surface area contributed by atoms with E-state index >= 15 is 0 Å². The van der Waals surface area contributed by atoms with Crippen molar-refractivity contribution in [1.29, 1.82) is 0 Å². The highest BCUT2D eigenvalue weighted by molar-refractivity contribution is 5.97. The second-order valence-corrected chi connectivity index (χ2v) is 11.1. The largest absolute Gasteiger partial charge is 0.497 e. The fourth-order valence-electron chi connectivity index (χ4n) is 5.72. The molecule has 1 unspecified atom stereocenters. The van der Waals surface area contributed by atoms with Crippen molar-refractivity contribution in [2.24, 2.45) is 5.92 Å². The number of fused-ring (bicyclic) bond motifs is 3. The first-order valence-corrected chi connectivity index (χ1v) is 14.3. The topological polar surface area (TPSA) is 98.8 Å². The highest BCUT2D eigenvalue weighted by Gasteiger charge is 2.46. The van der Waals surface area contributed by atoms with Gasteiger partial charge in [-0.1, -0.05) is 36.4 Å². The van der Waals surface area contributed by atoms with E-state index in [9.17, 15) is 9.59 Å². The number of esters is 2. The second-order valence-electron chi connectivity index (χ2n) is 11.1. The van der Waals surface area contributed by atoms with Crippen LogP contribution in [0, 0.1) is 5.92 Å². The molecular formula is C33H38O9. The maximum absolute atomic E-state index is 13.7. The van der Waals surface area contributed by atoms with Crippen LogP contribution in [0.2, 0.25) is 0 Å². The second kappa shape index (κ2) is 13.1. The molecular weight excluding hydrogens is 540 g/mol. The maximum Gasteiger partial charge on any atom is 0.342 e. The lowest BCUT2D eigenvalue weighted by molar-refractivity contribution is -0.152. The van der Waals surface area contributed by atoms with E-state index in [1.54, 1.807) is 43.5 Å². The Morgan fingerprint density at radius 3 is 2.60 bits per heavy atom. The molecule has 2 aliphatic heterocycles. The van der Waals surface area contributed by atoms with E-state index in [4.69, 9.17) is 33.2 Å². The molecule has 1 saturated heterocycles. The molecule has 42 heavy (non-hydrogen) atoms. The number of benzene rings is 2. The summed E-state index contributed by atoms with van der Waals surface area (Å²) in [6.07, 6.45) is 8.35. The van der Waals surface area contributed by atoms with Crippen molar-refractivity contribution >= 4 is 18.0 Å². The zero-order valence-electron chi connectivity index (χ0n) is 24.4. The molecule has 224 valence electrons. The number of hydrogen-bond donors (Lipinski definition) is 0. The van der Waals surface area contributed by atoms with Gasteiger partial charge in [-0.3, -0.25) is 0 Å². The van der Waals surface area contributed by atoms with E-state index < -0.39 is 36.0 Å². The summed E-state index contributed by atoms with van der Waals surface area (Å²) in [5.74, 6) is -1.06. The summed E-state index contributed by atoms with van der Waals surface area (Å²) in [5, 5.41) is 0. The van der Waals surface area contributed by atoms with Gasteiger partial charge in [0, 0.05) is 19.1 Å². The first-order valence-electron chi connectivity index (χ1n) is 14.3. The Kier molecular flexibility index (Phi) is 9.30. The van der Waals surface area contributed by atoms with E-state index in [1.165, 1.54) is 7.11 Å². The quantitative estimate of drug-likeness (QED) is 0.242. The Bertz CT molecular complexity index is 1320. The average molecular weight is 579 g/mol. The molecule has 1 aliphatic carbocycles. The van der Waals surface area contributed by atoms with E-state index in [-0.39, 0.29) is 18.8 Å². The van der Waals surface area contributed by atoms with E-state index in [0.717, 1.165) is 12.8 Å². The third-order valence-electron chi connectivity index (χ3n) is 7.65. The molecule has 5 atom stereocenters. The van der Waals surface area contributed by atoms with Gasteiger partial charge in [0.05, 0.1) is 18.8 Å². The number of ether oxygens (including phenoxy) is 7. The average Bonchev–Trinajstić information content (AvgIpc) is 3.55. The van der Waals surface area contributed by atoms with Crippen LogP contribution in [0.15, 0.2) is 60.7 Å². The van der Waals surface area contributed by atoms with Gasteiger partial charge in [0.25, 0.3) is 0 Å². The summed E-state index contributed by atoms with van der Waals surface area (Å²) >= 11 is 0. The number of carbonyl (C=O) groups excluding carboxylic acids is 2. The van der Waals surface area contributed by atoms with Crippen molar-refractivity contribution in [3.63, 3.8) is 0 Å². The Balaban J connectivity index is 1.54. The van der Waals surface area contributed by atoms with Gasteiger partial charge in [0.15, 0.2) is 12.6 Å². The molecule has 0 amide bonds. The van der Waals surface area contributed by atoms with Crippen LogP contribution in [0.25, 0.3) is 6.08 Å². The highest BCUT2D eigenvalue weighted by Crippen LogP contribution is 2.37. The molecule has 2 heterocycles. The minimum Gasteiger partial charge on any atom is -0.497 e. The first kappa shape index (κ1) is 29.8. The molecule has 2 aromatic rings. The molecule has 9 heteroatoms. The molecule has 5 rings (SSSR count). The van der Waals surface area contributed by atoms with Crippen LogP contribution in [0.4, 0.5) is 0 Å². The fourth-order valence-corrected chi connectivity index (χ4v) is 5.72. The van der Waals surface area contributed by atoms with Crippen molar-refractivity contribution in [2.75, 3.05) is 21.0 Å². The van der Waals surface area contributed by atoms with Gasteiger partial charge < -0.3 is 33.2 Å². The standard InChI is InChI=1S/C33H38O9/c1-33(2)41-27-15-9-13-23-18-24(37-4)19-28(38-20-36-3)29(23)32(35)39-25-14-8-12-21(25)16-17-26(30(27)42-33)40-31(34)22-10-6-5-7-11-22/h5-7,9-11,13,16-19,21,25-27,30H,8,12,14-15,20H2,1-4H3/b13-9+,17-16-/t21-,25+,26?,27+,30-/m1/s1. The minimum absolute atomic E-state index is 0.0432. The monoisotopic (exact) mass is 578 g/mol. The van der Waals surface area contributed by atoms with Gasteiger partial charge in [0.2, 0.25) is 0 Å². The molecule has 9 nitrogen and oxygen atoms in total. The SMILES string of the molecule is COCOc1cc(OC)cc2c1C(=O)O[C@H]1CCC[C@@H]1/C=C\C(OC(=O)c1ccccc1)[C@H]1OC(C)(C)O[C@H]1C/C=C/2. The van der Waals surface area contributed by atoms with Gasteiger partial charge >= 0.3 is 11.9 Å². The van der Waals surface area contributed by atoms with Crippen LogP contribution in [-0.2, 0) is 23.7 Å². The van der Waals surface area contributed by atoms with Crippen LogP contribution in [0.1, 0.15) is 65.8 Å². The minimum atomic E-state index is -0.889. The van der Waals surface area contributed by atoms with Crippen LogP contribution in [0.3, 0.4) is 0 Å². The summed E-state index contributed by atoms with van der Waals surface area (Å²) < 4.78 is 41.2. The predicted octanol–water partition coefficient (Wildman–Crippen LogP) is 5.72. The molecule has 0 spiro atoms. The van der Waals surface area contributed by atoms with Crippen molar-refractivity contribution in [1.82, 2.24) is 0 Å². The number of hydrogen-bond acceptors (Lipinski definition) is 9. The lowest BCUT2D eigenvalue weighted by Crippen LogP contribution is -2.37. The van der Waals surface area contributed by atoms with Crippen molar-refractivity contribution < 1.29 is 42.7 Å². The molecule has 1 saturated carbocycles. The van der Waals surface area contributed by atoms with E-state index in [1.807, 2.05) is 44.2 Å². The number of carbonyl (C=O) groups is 2. The van der Waals surface area contributed by atoms with Crippen molar-refractivity contribution in [3.05, 3.63) is 77.4 Å². The van der Waals surface area contributed by atoms with Gasteiger partial charge in [-0.2, -0.15) is 0 Å². The van der Waals surface area contributed by atoms with Crippen LogP contribution >= 0.6 is 0 Å². The zero-order valence-corrected chi connectivity index (χ0v) is 24.4. The summed E-state index contributed by atoms with van der Waals surface area (Å²) in [6, 6.07) is 12.3. The number of rotatable bonds is 6. The summed E-state index contributed by atoms with van der Waals surface area (Å²) in [4.78, 5) is 26.8. The van der Waals surface area contributed by atoms with Gasteiger partial charge in [-0.15, -0.1) is 0 Å². The Morgan fingerprint density at radius 2 is 1.83 bits per heavy atom. The number of methoxy groups -OCH3 is 2. The third-order valence-corrected chi connectivity index (χ3v) is 7.65. The molecule has 2 aromatic carbocycles. The Morgan fingerprint density at radius 1 is 1.02 bits per heavy atom. The third kappa shape index (κ3) is 6.86. The fraction of sp³-hybridized carbons (Fsp3) is 0.455. The lowest BCUT2D eigenvalue weighted by Gasteiger charge is -2.25. The molecule has 0 N–H and O–H groups in total. The first-order chi connectivity index (χ1) is 20.3. The Hall–Kier alpha value is -3.66. The van der Waals surface area contributed by atoms with Crippen LogP contribution in [0.5, 0.6) is 11.5 Å². The smallest absolute Gasteiger partial charge is 0.342 e. The molecule has 0 aromatic heterocycles. The van der Waals surface area contributed by atoms with Gasteiger partial charge in [-0.25, -0.2) is 9.59 Å². The maximum atomic E-state index is 13.7. The van der Waals surface area contributed by atoms with Gasteiger partial charge in [0.1, 0.15) is 35.4 Å². The van der Waals surface area contributed by atoms with Crippen molar-refractivity contribution in [3.8, 4) is 11.5 Å². The summed E-state index contributed by atoms with van der Waals surface area (Å²) in [7, 11) is 3.06. The zero-order chi connectivity index (χ0) is 29.7. The lowest BCUT2D eigenvalue weighted by atomic mass is 9.98. The van der Waals surface area contributed by atoms with E-state index in [0.29, 0.717) is 41.0 Å². The van der Waals surface area contributed by atoms with E-state index in [2.05, 4.69) is 0 Å². The van der Waals surface area contributed by atoms with Gasteiger partial charge in [-0.05, 0) is 69.4 Å². The predicted molar refractivity (Wildman–Crippen MR) is 154 cm³/mol. The molecule has 0 bridgehead atoms. The molecule has 0 radical (unpaired) electrons. The molecule has 3 aliphatic rings. The van der Waals surface area contributed by atoms with Crippen LogP contribution in [-0.4, -0.2) is 63.2 Å². The Labute approximate surface area is 246 Å².